The van der Waals surface area contributed by atoms with Crippen molar-refractivity contribution in [2.45, 2.75) is 13.5 Å². The monoisotopic (exact) mass is 516 g/mol. The Bertz CT molecular complexity index is 1570. The van der Waals surface area contributed by atoms with E-state index in [0.29, 0.717) is 39.8 Å². The van der Waals surface area contributed by atoms with Crippen LogP contribution in [-0.2, 0) is 11.3 Å². The van der Waals surface area contributed by atoms with E-state index in [-0.39, 0.29) is 17.5 Å². The van der Waals surface area contributed by atoms with Crippen molar-refractivity contribution in [2.24, 2.45) is 0 Å². The number of aryl methyl sites for hydroxylation is 1. The normalized spacial score (nSPS) is 10.7. The minimum Gasteiger partial charge on any atom is -0.497 e. The van der Waals surface area contributed by atoms with Gasteiger partial charge in [-0.05, 0) is 25.1 Å². The van der Waals surface area contributed by atoms with Crippen molar-refractivity contribution < 1.29 is 28.5 Å². The molecule has 196 valence electrons. The SMILES string of the molecule is COc1ccc(NC(=O)Cn2cc(C(=O)c3ccc(C)cc3)c(=O)c3cc(OC)c(OC)cc32)c(OC)c1. The van der Waals surface area contributed by atoms with Gasteiger partial charge in [0.2, 0.25) is 11.3 Å². The average Bonchev–Trinajstić information content (AvgIpc) is 2.94. The molecule has 0 atom stereocenters. The summed E-state index contributed by atoms with van der Waals surface area (Å²) < 4.78 is 22.9. The van der Waals surface area contributed by atoms with Crippen LogP contribution in [0.5, 0.6) is 23.0 Å². The van der Waals surface area contributed by atoms with Gasteiger partial charge in [-0.1, -0.05) is 29.8 Å². The van der Waals surface area contributed by atoms with Crippen LogP contribution in [-0.4, -0.2) is 44.7 Å². The van der Waals surface area contributed by atoms with Crippen molar-refractivity contribution in [3.05, 3.63) is 87.7 Å². The van der Waals surface area contributed by atoms with Crippen LogP contribution in [0.2, 0.25) is 0 Å². The molecule has 3 aromatic carbocycles. The highest BCUT2D eigenvalue weighted by atomic mass is 16.5. The second kappa shape index (κ2) is 11.1. The van der Waals surface area contributed by atoms with E-state index in [1.165, 1.54) is 40.7 Å². The maximum Gasteiger partial charge on any atom is 0.244 e. The number of anilines is 1. The van der Waals surface area contributed by atoms with Crippen LogP contribution in [0.3, 0.4) is 0 Å². The molecule has 0 saturated carbocycles. The molecule has 0 fully saturated rings. The largest absolute Gasteiger partial charge is 0.497 e. The number of nitrogens with one attached hydrogen (secondary N) is 1. The molecular weight excluding hydrogens is 488 g/mol. The van der Waals surface area contributed by atoms with Crippen molar-refractivity contribution >= 4 is 28.3 Å². The Morgan fingerprint density at radius 3 is 2.11 bits per heavy atom. The number of ether oxygens (including phenoxy) is 4. The van der Waals surface area contributed by atoms with Gasteiger partial charge in [-0.3, -0.25) is 14.4 Å². The van der Waals surface area contributed by atoms with Gasteiger partial charge in [0.15, 0.2) is 17.3 Å². The Morgan fingerprint density at radius 1 is 0.816 bits per heavy atom. The summed E-state index contributed by atoms with van der Waals surface area (Å²) in [4.78, 5) is 40.0. The summed E-state index contributed by atoms with van der Waals surface area (Å²) in [5, 5.41) is 3.04. The first-order chi connectivity index (χ1) is 18.3. The van der Waals surface area contributed by atoms with Crippen LogP contribution < -0.4 is 29.7 Å². The van der Waals surface area contributed by atoms with Crippen LogP contribution >= 0.6 is 0 Å². The summed E-state index contributed by atoms with van der Waals surface area (Å²) in [6, 6.07) is 15.1. The van der Waals surface area contributed by atoms with E-state index < -0.39 is 17.1 Å². The van der Waals surface area contributed by atoms with Crippen molar-refractivity contribution in [1.29, 1.82) is 0 Å². The van der Waals surface area contributed by atoms with Gasteiger partial charge >= 0.3 is 0 Å². The molecule has 1 amide bonds. The molecule has 0 aliphatic rings. The molecule has 0 unspecified atom stereocenters. The van der Waals surface area contributed by atoms with Crippen molar-refractivity contribution in [3.8, 4) is 23.0 Å². The molecule has 0 spiro atoms. The number of hydrogen-bond donors (Lipinski definition) is 1. The van der Waals surface area contributed by atoms with Crippen LogP contribution in [0.15, 0.2) is 65.6 Å². The lowest BCUT2D eigenvalue weighted by atomic mass is 10.0. The fraction of sp³-hybridized carbons (Fsp3) is 0.207. The minimum atomic E-state index is -0.472. The van der Waals surface area contributed by atoms with E-state index in [0.717, 1.165) is 5.56 Å². The number of benzene rings is 3. The van der Waals surface area contributed by atoms with Gasteiger partial charge in [-0.2, -0.15) is 0 Å². The molecule has 9 nitrogen and oxygen atoms in total. The van der Waals surface area contributed by atoms with Crippen molar-refractivity contribution in [3.63, 3.8) is 0 Å². The molecule has 0 aliphatic heterocycles. The summed E-state index contributed by atoms with van der Waals surface area (Å²) in [7, 11) is 5.96. The Labute approximate surface area is 219 Å². The third-order valence-corrected chi connectivity index (χ3v) is 6.14. The molecule has 38 heavy (non-hydrogen) atoms. The van der Waals surface area contributed by atoms with Gasteiger partial charge in [-0.15, -0.1) is 0 Å². The highest BCUT2D eigenvalue weighted by Crippen LogP contribution is 2.32. The average molecular weight is 517 g/mol. The lowest BCUT2D eigenvalue weighted by Gasteiger charge is -2.17. The van der Waals surface area contributed by atoms with Gasteiger partial charge in [-0.25, -0.2) is 0 Å². The number of fused-ring (bicyclic) bond motifs is 1. The Morgan fingerprint density at radius 2 is 1.47 bits per heavy atom. The molecule has 9 heteroatoms. The number of nitrogens with zero attached hydrogens (tertiary/aromatic N) is 1. The molecular formula is C29H28N2O7. The number of ketones is 1. The minimum absolute atomic E-state index is 0.0663. The molecule has 1 heterocycles. The van der Waals surface area contributed by atoms with Crippen LogP contribution in [0.1, 0.15) is 21.5 Å². The molecule has 0 aliphatic carbocycles. The number of hydrogen-bond acceptors (Lipinski definition) is 7. The van der Waals surface area contributed by atoms with E-state index in [9.17, 15) is 14.4 Å². The summed E-state index contributed by atoms with van der Waals surface area (Å²) in [6.45, 7) is 1.71. The van der Waals surface area contributed by atoms with Gasteiger partial charge in [0.05, 0.1) is 50.6 Å². The van der Waals surface area contributed by atoms with Crippen molar-refractivity contribution in [1.82, 2.24) is 4.57 Å². The number of rotatable bonds is 9. The van der Waals surface area contributed by atoms with Gasteiger partial charge < -0.3 is 28.8 Å². The lowest BCUT2D eigenvalue weighted by Crippen LogP contribution is -2.24. The van der Waals surface area contributed by atoms with Gasteiger partial charge in [0.1, 0.15) is 18.0 Å². The Balaban J connectivity index is 1.81. The molecule has 0 radical (unpaired) electrons. The molecule has 0 bridgehead atoms. The summed E-state index contributed by atoms with van der Waals surface area (Å²) in [5.74, 6) is 0.856. The predicted molar refractivity (Wildman–Crippen MR) is 144 cm³/mol. The first-order valence-corrected chi connectivity index (χ1v) is 11.7. The van der Waals surface area contributed by atoms with E-state index in [4.69, 9.17) is 18.9 Å². The number of carbonyl (C=O) groups is 2. The second-order valence-corrected chi connectivity index (χ2v) is 8.53. The van der Waals surface area contributed by atoms with E-state index in [2.05, 4.69) is 5.32 Å². The zero-order valence-corrected chi connectivity index (χ0v) is 21.8. The Hall–Kier alpha value is -4.79. The zero-order valence-electron chi connectivity index (χ0n) is 21.8. The first kappa shape index (κ1) is 26.3. The number of amides is 1. The zero-order chi connectivity index (χ0) is 27.4. The van der Waals surface area contributed by atoms with Crippen LogP contribution in [0.4, 0.5) is 5.69 Å². The highest BCUT2D eigenvalue weighted by molar-refractivity contribution is 6.10. The number of aromatic nitrogens is 1. The molecule has 1 N–H and O–H groups in total. The molecule has 4 rings (SSSR count). The van der Waals surface area contributed by atoms with Crippen LogP contribution in [0, 0.1) is 6.92 Å². The Kier molecular flexibility index (Phi) is 7.66. The quantitative estimate of drug-likeness (QED) is 0.332. The topological polar surface area (TPSA) is 105 Å². The maximum absolute atomic E-state index is 13.5. The maximum atomic E-state index is 13.5. The lowest BCUT2D eigenvalue weighted by molar-refractivity contribution is -0.116. The van der Waals surface area contributed by atoms with Crippen molar-refractivity contribution in [2.75, 3.05) is 33.8 Å². The molecule has 1 aromatic heterocycles. The van der Waals surface area contributed by atoms with Crippen LogP contribution in [0.25, 0.3) is 10.9 Å². The predicted octanol–water partition coefficient (Wildman–Crippen LogP) is 4.21. The summed E-state index contributed by atoms with van der Waals surface area (Å²) in [5.41, 5.74) is 1.67. The summed E-state index contributed by atoms with van der Waals surface area (Å²) in [6.07, 6.45) is 1.41. The fourth-order valence-electron chi connectivity index (χ4n) is 4.12. The van der Waals surface area contributed by atoms with Gasteiger partial charge in [0.25, 0.3) is 0 Å². The smallest absolute Gasteiger partial charge is 0.244 e. The highest BCUT2D eigenvalue weighted by Gasteiger charge is 2.21. The van der Waals surface area contributed by atoms with Gasteiger partial charge in [0, 0.05) is 23.9 Å². The third-order valence-electron chi connectivity index (χ3n) is 6.14. The summed E-state index contributed by atoms with van der Waals surface area (Å²) >= 11 is 0. The number of carbonyl (C=O) groups excluding carboxylic acids is 2. The van der Waals surface area contributed by atoms with E-state index in [1.807, 2.05) is 6.92 Å². The second-order valence-electron chi connectivity index (χ2n) is 8.53. The molecule has 4 aromatic rings. The number of pyridine rings is 1. The number of methoxy groups -OCH3 is 4. The molecule has 0 saturated heterocycles. The standard InChI is InChI=1S/C29H28N2O7/c1-17-6-8-18(9-7-17)28(33)21-15-31(23-14-26(38-5)25(37-4)13-20(23)29(21)34)16-27(32)30-22-11-10-19(35-2)12-24(22)36-3/h6-15H,16H2,1-5H3,(H,30,32). The van der Waals surface area contributed by atoms with E-state index >= 15 is 0 Å². The first-order valence-electron chi connectivity index (χ1n) is 11.7. The van der Waals surface area contributed by atoms with E-state index in [1.54, 1.807) is 53.1 Å². The fourth-order valence-corrected chi connectivity index (χ4v) is 4.12. The third kappa shape index (κ3) is 5.17.